The van der Waals surface area contributed by atoms with Gasteiger partial charge in [-0.3, -0.25) is 0 Å². The Morgan fingerprint density at radius 2 is 1.59 bits per heavy atom. The molecule has 0 amide bonds. The van der Waals surface area contributed by atoms with Crippen molar-refractivity contribution >= 4 is 0 Å². The number of alkyl halides is 1. The number of halogens is 1. The van der Waals surface area contributed by atoms with Crippen LogP contribution in [-0.2, 0) is 11.2 Å². The van der Waals surface area contributed by atoms with Crippen LogP contribution in [0.3, 0.4) is 0 Å². The van der Waals surface area contributed by atoms with Gasteiger partial charge in [0.15, 0.2) is 0 Å². The molecule has 1 nitrogen and oxygen atoms in total. The molecule has 0 aromatic heterocycles. The number of benzene rings is 2. The number of methoxy groups -OCH3 is 1. The van der Waals surface area contributed by atoms with Gasteiger partial charge in [0.05, 0.1) is 6.10 Å². The predicted molar refractivity (Wildman–Crippen MR) is 89.9 cm³/mol. The smallest absolute Gasteiger partial charge is 0.126 e. The highest BCUT2D eigenvalue weighted by Gasteiger charge is 2.24. The van der Waals surface area contributed by atoms with E-state index in [-0.39, 0.29) is 12.0 Å². The van der Waals surface area contributed by atoms with Crippen LogP contribution in [0.1, 0.15) is 49.0 Å². The van der Waals surface area contributed by atoms with Crippen molar-refractivity contribution in [2.24, 2.45) is 0 Å². The molecular weight excluding hydrogens is 275 g/mol. The van der Waals surface area contributed by atoms with Crippen LogP contribution in [0.5, 0.6) is 0 Å². The second kappa shape index (κ2) is 8.09. The van der Waals surface area contributed by atoms with E-state index in [1.54, 1.807) is 7.11 Å². The molecule has 0 heterocycles. The van der Waals surface area contributed by atoms with Crippen LogP contribution in [0.4, 0.5) is 4.39 Å². The van der Waals surface area contributed by atoms with Gasteiger partial charge in [0, 0.05) is 13.0 Å². The number of rotatable bonds is 7. The Kier molecular flexibility index (Phi) is 6.14. The van der Waals surface area contributed by atoms with Crippen LogP contribution in [0.25, 0.3) is 0 Å². The fraction of sp³-hybridized carbons (Fsp3) is 0.400. The molecule has 0 aliphatic heterocycles. The SMILES string of the molecule is CCc1ccc(C(F)CC(c2ccccc2)C(C)OC)cc1. The van der Waals surface area contributed by atoms with Crippen molar-refractivity contribution in [1.82, 2.24) is 0 Å². The van der Waals surface area contributed by atoms with Crippen molar-refractivity contribution in [2.75, 3.05) is 7.11 Å². The highest BCUT2D eigenvalue weighted by atomic mass is 19.1. The fourth-order valence-corrected chi connectivity index (χ4v) is 2.78. The second-order valence-corrected chi connectivity index (χ2v) is 5.76. The van der Waals surface area contributed by atoms with Gasteiger partial charge in [-0.1, -0.05) is 61.5 Å². The normalized spacial score (nSPS) is 15.3. The van der Waals surface area contributed by atoms with Gasteiger partial charge >= 0.3 is 0 Å². The standard InChI is InChI=1S/C20H25FO/c1-4-16-10-12-18(13-11-16)20(21)14-19(15(2)22-3)17-8-6-5-7-9-17/h5-13,15,19-20H,4,14H2,1-3H3. The summed E-state index contributed by atoms with van der Waals surface area (Å²) in [7, 11) is 1.68. The molecule has 2 rings (SSSR count). The number of aryl methyl sites for hydroxylation is 1. The Hall–Kier alpha value is -1.67. The fourth-order valence-electron chi connectivity index (χ4n) is 2.78. The molecule has 2 heteroatoms. The van der Waals surface area contributed by atoms with E-state index in [2.05, 4.69) is 6.92 Å². The maximum Gasteiger partial charge on any atom is 0.126 e. The van der Waals surface area contributed by atoms with Crippen LogP contribution in [0.2, 0.25) is 0 Å². The Bertz CT molecular complexity index is 550. The van der Waals surface area contributed by atoms with E-state index in [0.29, 0.717) is 6.42 Å². The highest BCUT2D eigenvalue weighted by Crippen LogP contribution is 2.34. The lowest BCUT2D eigenvalue weighted by Gasteiger charge is -2.25. The molecule has 0 spiro atoms. The Morgan fingerprint density at radius 3 is 2.14 bits per heavy atom. The molecule has 0 saturated heterocycles. The molecular formula is C20H25FO. The van der Waals surface area contributed by atoms with Gasteiger partial charge in [-0.25, -0.2) is 4.39 Å². The molecule has 0 radical (unpaired) electrons. The van der Waals surface area contributed by atoms with Crippen LogP contribution in [0.15, 0.2) is 54.6 Å². The van der Waals surface area contributed by atoms with Crippen molar-refractivity contribution in [3.05, 3.63) is 71.3 Å². The minimum atomic E-state index is -0.978. The quantitative estimate of drug-likeness (QED) is 0.659. The Labute approximate surface area is 133 Å². The molecule has 22 heavy (non-hydrogen) atoms. The zero-order valence-corrected chi connectivity index (χ0v) is 13.6. The lowest BCUT2D eigenvalue weighted by Crippen LogP contribution is -2.19. The van der Waals surface area contributed by atoms with E-state index < -0.39 is 6.17 Å². The maximum absolute atomic E-state index is 14.7. The van der Waals surface area contributed by atoms with Gasteiger partial charge in [-0.2, -0.15) is 0 Å². The summed E-state index contributed by atoms with van der Waals surface area (Å²) in [5.41, 5.74) is 3.12. The van der Waals surface area contributed by atoms with Crippen molar-refractivity contribution < 1.29 is 9.13 Å². The van der Waals surface area contributed by atoms with Gasteiger partial charge in [0.25, 0.3) is 0 Å². The van der Waals surface area contributed by atoms with E-state index in [9.17, 15) is 4.39 Å². The number of hydrogen-bond acceptors (Lipinski definition) is 1. The minimum Gasteiger partial charge on any atom is -0.381 e. The Balaban J connectivity index is 2.15. The molecule has 0 fully saturated rings. The molecule has 2 aromatic carbocycles. The first kappa shape index (κ1) is 16.7. The van der Waals surface area contributed by atoms with E-state index in [1.807, 2.05) is 61.5 Å². The van der Waals surface area contributed by atoms with Crippen molar-refractivity contribution in [2.45, 2.75) is 44.9 Å². The highest BCUT2D eigenvalue weighted by molar-refractivity contribution is 5.26. The van der Waals surface area contributed by atoms with E-state index >= 15 is 0 Å². The van der Waals surface area contributed by atoms with Crippen molar-refractivity contribution in [3.63, 3.8) is 0 Å². The summed E-state index contributed by atoms with van der Waals surface area (Å²) >= 11 is 0. The van der Waals surface area contributed by atoms with Gasteiger partial charge < -0.3 is 4.74 Å². The zero-order chi connectivity index (χ0) is 15.9. The van der Waals surface area contributed by atoms with E-state index in [0.717, 1.165) is 17.5 Å². The third-order valence-electron chi connectivity index (χ3n) is 4.38. The molecule has 0 aliphatic carbocycles. The third-order valence-corrected chi connectivity index (χ3v) is 4.38. The molecule has 0 aliphatic rings. The predicted octanol–water partition coefficient (Wildman–Crippen LogP) is 5.47. The topological polar surface area (TPSA) is 9.23 Å². The summed E-state index contributed by atoms with van der Waals surface area (Å²) in [4.78, 5) is 0. The number of ether oxygens (including phenoxy) is 1. The van der Waals surface area contributed by atoms with Crippen molar-refractivity contribution in [1.29, 1.82) is 0 Å². The first-order valence-corrected chi connectivity index (χ1v) is 7.96. The first-order chi connectivity index (χ1) is 10.7. The van der Waals surface area contributed by atoms with Crippen LogP contribution in [0, 0.1) is 0 Å². The third kappa shape index (κ3) is 4.17. The van der Waals surface area contributed by atoms with Gasteiger partial charge in [0.2, 0.25) is 0 Å². The average Bonchev–Trinajstić information content (AvgIpc) is 2.59. The summed E-state index contributed by atoms with van der Waals surface area (Å²) in [5.74, 6) is 0.0482. The molecule has 2 aromatic rings. The van der Waals surface area contributed by atoms with E-state index in [1.165, 1.54) is 5.56 Å². The largest absolute Gasteiger partial charge is 0.381 e. The zero-order valence-electron chi connectivity index (χ0n) is 13.6. The first-order valence-electron chi connectivity index (χ1n) is 7.96. The van der Waals surface area contributed by atoms with Crippen LogP contribution >= 0.6 is 0 Å². The van der Waals surface area contributed by atoms with Gasteiger partial charge in [0.1, 0.15) is 6.17 Å². The summed E-state index contributed by atoms with van der Waals surface area (Å²) < 4.78 is 20.2. The summed E-state index contributed by atoms with van der Waals surface area (Å²) in [6.45, 7) is 4.11. The minimum absolute atomic E-state index is 0.0180. The lowest BCUT2D eigenvalue weighted by atomic mass is 9.87. The maximum atomic E-state index is 14.7. The molecule has 0 bridgehead atoms. The van der Waals surface area contributed by atoms with Gasteiger partial charge in [-0.05, 0) is 36.5 Å². The van der Waals surface area contributed by atoms with Crippen LogP contribution in [-0.4, -0.2) is 13.2 Å². The summed E-state index contributed by atoms with van der Waals surface area (Å²) in [5, 5.41) is 0. The van der Waals surface area contributed by atoms with Crippen molar-refractivity contribution in [3.8, 4) is 0 Å². The molecule has 3 atom stereocenters. The monoisotopic (exact) mass is 300 g/mol. The van der Waals surface area contributed by atoms with Crippen LogP contribution < -0.4 is 0 Å². The average molecular weight is 300 g/mol. The lowest BCUT2D eigenvalue weighted by molar-refractivity contribution is 0.0813. The molecule has 118 valence electrons. The molecule has 0 N–H and O–H groups in total. The molecule has 3 unspecified atom stereocenters. The van der Waals surface area contributed by atoms with E-state index in [4.69, 9.17) is 4.74 Å². The Morgan fingerprint density at radius 1 is 0.955 bits per heavy atom. The summed E-state index contributed by atoms with van der Waals surface area (Å²) in [6.07, 6.45) is 0.416. The van der Waals surface area contributed by atoms with Gasteiger partial charge in [-0.15, -0.1) is 0 Å². The molecule has 0 saturated carbocycles. The second-order valence-electron chi connectivity index (χ2n) is 5.76. The summed E-state index contributed by atoms with van der Waals surface area (Å²) in [6, 6.07) is 17.9. The number of hydrogen-bond donors (Lipinski definition) is 0.